The Hall–Kier alpha value is -3.00. The molecule has 2 aromatic heterocycles. The summed E-state index contributed by atoms with van der Waals surface area (Å²) in [5.74, 6) is 0.897. The van der Waals surface area contributed by atoms with E-state index in [1.807, 2.05) is 6.07 Å². The molecule has 2 nitrogen and oxygen atoms in total. The molecule has 2 heterocycles. The van der Waals surface area contributed by atoms with Crippen LogP contribution >= 0.6 is 0 Å². The van der Waals surface area contributed by atoms with Gasteiger partial charge in [-0.2, -0.15) is 0 Å². The lowest BCUT2D eigenvalue weighted by Gasteiger charge is -2.12. The van der Waals surface area contributed by atoms with Gasteiger partial charge >= 0.3 is 0 Å². The maximum absolute atomic E-state index is 5.39. The third-order valence-electron chi connectivity index (χ3n) is 5.02. The van der Waals surface area contributed by atoms with E-state index in [1.54, 1.807) is 7.11 Å². The van der Waals surface area contributed by atoms with Gasteiger partial charge in [0.05, 0.1) is 7.11 Å². The maximum Gasteiger partial charge on any atom is 0.122 e. The SMILES string of the molecule is CCc1cc2cc(OC)ccn2c1Cc1ccccc1-c1ccccc1. The molecule has 0 unspecified atom stereocenters. The molecule has 2 heteroatoms. The number of nitrogens with zero attached hydrogens (tertiary/aromatic N) is 1. The minimum atomic E-state index is 0.897. The molecule has 0 aliphatic heterocycles. The van der Waals surface area contributed by atoms with Crippen molar-refractivity contribution < 1.29 is 4.74 Å². The number of pyridine rings is 1. The van der Waals surface area contributed by atoms with E-state index in [4.69, 9.17) is 4.74 Å². The average molecular weight is 341 g/mol. The van der Waals surface area contributed by atoms with Gasteiger partial charge in [0.2, 0.25) is 0 Å². The van der Waals surface area contributed by atoms with Gasteiger partial charge in [-0.25, -0.2) is 0 Å². The van der Waals surface area contributed by atoms with Gasteiger partial charge in [0, 0.05) is 29.9 Å². The van der Waals surface area contributed by atoms with Crippen molar-refractivity contribution in [1.82, 2.24) is 4.40 Å². The predicted molar refractivity (Wildman–Crippen MR) is 108 cm³/mol. The van der Waals surface area contributed by atoms with Crippen LogP contribution in [-0.2, 0) is 12.8 Å². The molecule has 0 saturated heterocycles. The minimum Gasteiger partial charge on any atom is -0.497 e. The summed E-state index contributed by atoms with van der Waals surface area (Å²) in [6.07, 6.45) is 4.05. The van der Waals surface area contributed by atoms with Gasteiger partial charge in [0.1, 0.15) is 5.75 Å². The van der Waals surface area contributed by atoms with Crippen LogP contribution in [0, 0.1) is 0 Å². The number of fused-ring (bicyclic) bond motifs is 1. The number of ether oxygens (including phenoxy) is 1. The molecule has 0 bridgehead atoms. The number of hydrogen-bond acceptors (Lipinski definition) is 1. The Bertz CT molecular complexity index is 1030. The molecule has 0 radical (unpaired) electrons. The first-order valence-electron chi connectivity index (χ1n) is 9.10. The summed E-state index contributed by atoms with van der Waals surface area (Å²) in [6.45, 7) is 2.22. The molecule has 0 spiro atoms. The van der Waals surface area contributed by atoms with Gasteiger partial charge < -0.3 is 9.14 Å². The van der Waals surface area contributed by atoms with Crippen LogP contribution in [0.2, 0.25) is 0 Å². The Labute approximate surface area is 154 Å². The smallest absolute Gasteiger partial charge is 0.122 e. The van der Waals surface area contributed by atoms with Gasteiger partial charge in [0.15, 0.2) is 0 Å². The summed E-state index contributed by atoms with van der Waals surface area (Å²) < 4.78 is 7.68. The largest absolute Gasteiger partial charge is 0.497 e. The van der Waals surface area contributed by atoms with Crippen LogP contribution in [0.3, 0.4) is 0 Å². The molecule has 0 N–H and O–H groups in total. The van der Waals surface area contributed by atoms with E-state index in [2.05, 4.69) is 84.3 Å². The van der Waals surface area contributed by atoms with E-state index in [0.717, 1.165) is 18.6 Å². The third kappa shape index (κ3) is 2.99. The number of methoxy groups -OCH3 is 1. The second kappa shape index (κ2) is 7.09. The van der Waals surface area contributed by atoms with E-state index in [9.17, 15) is 0 Å². The first-order valence-corrected chi connectivity index (χ1v) is 9.10. The number of benzene rings is 2. The van der Waals surface area contributed by atoms with E-state index < -0.39 is 0 Å². The molecule has 4 aromatic rings. The lowest BCUT2D eigenvalue weighted by atomic mass is 9.95. The zero-order valence-corrected chi connectivity index (χ0v) is 15.3. The van der Waals surface area contributed by atoms with Crippen molar-refractivity contribution in [2.45, 2.75) is 19.8 Å². The van der Waals surface area contributed by atoms with Crippen molar-refractivity contribution in [3.8, 4) is 16.9 Å². The van der Waals surface area contributed by atoms with Crippen molar-refractivity contribution in [2.24, 2.45) is 0 Å². The predicted octanol–water partition coefficient (Wildman–Crippen LogP) is 5.77. The summed E-state index contributed by atoms with van der Waals surface area (Å²) >= 11 is 0. The molecule has 130 valence electrons. The highest BCUT2D eigenvalue weighted by Gasteiger charge is 2.13. The molecule has 0 aliphatic carbocycles. The standard InChI is InChI=1S/C24H23NO/c1-3-18-15-21-17-22(26-2)13-14-25(21)24(18)16-20-11-7-8-12-23(20)19-9-5-4-6-10-19/h4-15,17H,3,16H2,1-2H3. The van der Waals surface area contributed by atoms with E-state index >= 15 is 0 Å². The number of aromatic nitrogens is 1. The summed E-state index contributed by atoms with van der Waals surface area (Å²) in [4.78, 5) is 0. The van der Waals surface area contributed by atoms with Crippen LogP contribution in [0.25, 0.3) is 16.6 Å². The average Bonchev–Trinajstić information content (AvgIpc) is 3.05. The fraction of sp³-hybridized carbons (Fsp3) is 0.167. The van der Waals surface area contributed by atoms with Crippen LogP contribution in [-0.4, -0.2) is 11.5 Å². The quantitative estimate of drug-likeness (QED) is 0.449. The molecule has 0 saturated carbocycles. The van der Waals surface area contributed by atoms with Crippen molar-refractivity contribution >= 4 is 5.52 Å². The van der Waals surface area contributed by atoms with Crippen molar-refractivity contribution in [1.29, 1.82) is 0 Å². The monoisotopic (exact) mass is 341 g/mol. The molecule has 0 aliphatic rings. The summed E-state index contributed by atoms with van der Waals surface area (Å²) in [7, 11) is 1.71. The summed E-state index contributed by atoms with van der Waals surface area (Å²) in [5.41, 5.74) is 7.86. The van der Waals surface area contributed by atoms with Crippen LogP contribution in [0.15, 0.2) is 79.0 Å². The lowest BCUT2D eigenvalue weighted by molar-refractivity contribution is 0.414. The Kier molecular flexibility index (Phi) is 4.49. The van der Waals surface area contributed by atoms with Crippen molar-refractivity contribution in [2.75, 3.05) is 7.11 Å². The van der Waals surface area contributed by atoms with Gasteiger partial charge in [-0.1, -0.05) is 61.5 Å². The van der Waals surface area contributed by atoms with Gasteiger partial charge in [-0.3, -0.25) is 0 Å². The Morgan fingerprint density at radius 2 is 1.62 bits per heavy atom. The number of hydrogen-bond donors (Lipinski definition) is 0. The normalized spacial score (nSPS) is 11.0. The highest BCUT2D eigenvalue weighted by molar-refractivity contribution is 5.68. The summed E-state index contributed by atoms with van der Waals surface area (Å²) in [5, 5.41) is 0. The maximum atomic E-state index is 5.39. The van der Waals surface area contributed by atoms with E-state index in [0.29, 0.717) is 0 Å². The number of aryl methyl sites for hydroxylation is 1. The molecule has 26 heavy (non-hydrogen) atoms. The Morgan fingerprint density at radius 3 is 2.38 bits per heavy atom. The number of rotatable bonds is 5. The second-order valence-electron chi connectivity index (χ2n) is 6.53. The molecule has 0 amide bonds. The highest BCUT2D eigenvalue weighted by Crippen LogP contribution is 2.29. The lowest BCUT2D eigenvalue weighted by Crippen LogP contribution is -1.99. The Morgan fingerprint density at radius 1 is 0.846 bits per heavy atom. The fourth-order valence-corrected chi connectivity index (χ4v) is 3.66. The molecular weight excluding hydrogens is 318 g/mol. The van der Waals surface area contributed by atoms with Crippen molar-refractivity contribution in [3.05, 3.63) is 95.8 Å². The zero-order chi connectivity index (χ0) is 17.9. The van der Waals surface area contributed by atoms with E-state index in [-0.39, 0.29) is 0 Å². The van der Waals surface area contributed by atoms with Crippen LogP contribution in [0.4, 0.5) is 0 Å². The molecule has 2 aromatic carbocycles. The molecule has 4 rings (SSSR count). The fourth-order valence-electron chi connectivity index (χ4n) is 3.66. The second-order valence-corrected chi connectivity index (χ2v) is 6.53. The van der Waals surface area contributed by atoms with Crippen LogP contribution < -0.4 is 4.74 Å². The first-order chi connectivity index (χ1) is 12.8. The van der Waals surface area contributed by atoms with Gasteiger partial charge in [-0.05, 0) is 40.8 Å². The Balaban J connectivity index is 1.81. The van der Waals surface area contributed by atoms with Crippen LogP contribution in [0.5, 0.6) is 5.75 Å². The topological polar surface area (TPSA) is 13.6 Å². The summed E-state index contributed by atoms with van der Waals surface area (Å²) in [6, 6.07) is 25.7. The van der Waals surface area contributed by atoms with Gasteiger partial charge in [-0.15, -0.1) is 0 Å². The van der Waals surface area contributed by atoms with E-state index in [1.165, 1.54) is 33.5 Å². The minimum absolute atomic E-state index is 0.897. The molecular formula is C24H23NO. The van der Waals surface area contributed by atoms with Gasteiger partial charge in [0.25, 0.3) is 0 Å². The molecule has 0 atom stereocenters. The third-order valence-corrected chi connectivity index (χ3v) is 5.02. The van der Waals surface area contributed by atoms with Crippen LogP contribution in [0.1, 0.15) is 23.7 Å². The molecule has 0 fully saturated rings. The first kappa shape index (κ1) is 16.5. The van der Waals surface area contributed by atoms with Crippen molar-refractivity contribution in [3.63, 3.8) is 0 Å². The zero-order valence-electron chi connectivity index (χ0n) is 15.3. The highest BCUT2D eigenvalue weighted by atomic mass is 16.5.